The molecular formula is C34H31Cl2N7O4S. The summed E-state index contributed by atoms with van der Waals surface area (Å²) in [6.07, 6.45) is 3.14. The zero-order valence-electron chi connectivity index (χ0n) is 25.8. The number of carboxylic acid groups (broad SMARTS) is 1. The number of benzene rings is 2. The highest BCUT2D eigenvalue weighted by Crippen LogP contribution is 2.42. The lowest BCUT2D eigenvalue weighted by Gasteiger charge is -2.47. The van der Waals surface area contributed by atoms with Gasteiger partial charge in [0.2, 0.25) is 5.91 Å². The van der Waals surface area contributed by atoms with Crippen molar-refractivity contribution in [2.45, 2.75) is 31.5 Å². The van der Waals surface area contributed by atoms with Crippen molar-refractivity contribution in [1.82, 2.24) is 30.5 Å². The van der Waals surface area contributed by atoms with E-state index >= 15 is 0 Å². The van der Waals surface area contributed by atoms with Crippen molar-refractivity contribution < 1.29 is 19.4 Å². The summed E-state index contributed by atoms with van der Waals surface area (Å²) in [5.74, 6) is 0.416. The first-order valence-electron chi connectivity index (χ1n) is 15.3. The number of ether oxygens (including phenoxy) is 1. The molecule has 0 unspecified atom stereocenters. The first-order chi connectivity index (χ1) is 23.2. The Morgan fingerprint density at radius 1 is 1.06 bits per heavy atom. The predicted molar refractivity (Wildman–Crippen MR) is 187 cm³/mol. The van der Waals surface area contributed by atoms with Gasteiger partial charge in [0, 0.05) is 55.5 Å². The van der Waals surface area contributed by atoms with Gasteiger partial charge in [-0.05, 0) is 30.7 Å². The second kappa shape index (κ2) is 13.3. The number of amides is 1. The average molecular weight is 705 g/mol. The van der Waals surface area contributed by atoms with E-state index in [1.807, 2.05) is 54.6 Å². The molecule has 4 N–H and O–H groups in total. The number of thiazole rings is 1. The van der Waals surface area contributed by atoms with Crippen LogP contribution in [0.4, 0.5) is 11.5 Å². The SMILES string of the molecule is COc1ccc(-c2cccc(-c3cccc(Nc4nccc5sc(CNCC(=O)O)nc45)c3Cl)c2Cl)nc1CN1CC2(CCC(=O)N2)C1. The fourth-order valence-electron chi connectivity index (χ4n) is 6.33. The lowest BCUT2D eigenvalue weighted by Crippen LogP contribution is -2.66. The Hall–Kier alpha value is -4.33. The standard InChI is InChI=1S/C34H31Cl2N7O4S/c1-47-25-9-8-22(39-24(25)16-43-17-34(18-43)12-10-27(44)42-34)21-6-2-4-19(30(21)35)20-5-3-7-23(31(20)36)40-33-32-26(11-13-38-33)48-28(41-32)14-37-15-29(45)46/h2-9,11,13,37H,10,12,14-18H2,1H3,(H,38,40)(H,42,44)(H,45,46). The molecule has 1 amide bonds. The second-order valence-corrected chi connectivity index (χ2v) is 13.8. The van der Waals surface area contributed by atoms with Gasteiger partial charge in [-0.2, -0.15) is 0 Å². The average Bonchev–Trinajstić information content (AvgIpc) is 3.66. The van der Waals surface area contributed by atoms with E-state index < -0.39 is 5.97 Å². The summed E-state index contributed by atoms with van der Waals surface area (Å²) in [5.41, 5.74) is 4.92. The molecule has 14 heteroatoms. The van der Waals surface area contributed by atoms with E-state index in [9.17, 15) is 9.59 Å². The summed E-state index contributed by atoms with van der Waals surface area (Å²) in [7, 11) is 1.63. The molecule has 3 aromatic heterocycles. The molecule has 48 heavy (non-hydrogen) atoms. The smallest absolute Gasteiger partial charge is 0.317 e. The minimum atomic E-state index is -0.928. The van der Waals surface area contributed by atoms with Crippen molar-refractivity contribution >= 4 is 68.1 Å². The number of methoxy groups -OCH3 is 1. The molecule has 0 saturated carbocycles. The maximum Gasteiger partial charge on any atom is 0.317 e. The first-order valence-corrected chi connectivity index (χ1v) is 16.9. The molecule has 5 aromatic rings. The van der Waals surface area contributed by atoms with Gasteiger partial charge in [0.15, 0.2) is 5.82 Å². The Bertz CT molecular complexity index is 2050. The van der Waals surface area contributed by atoms with E-state index in [1.54, 1.807) is 13.3 Å². The minimum Gasteiger partial charge on any atom is -0.495 e. The summed E-state index contributed by atoms with van der Waals surface area (Å²) in [4.78, 5) is 39.1. The molecule has 2 aliphatic rings. The maximum absolute atomic E-state index is 11.8. The van der Waals surface area contributed by atoms with Crippen LogP contribution in [0, 0.1) is 0 Å². The molecule has 1 spiro atoms. The van der Waals surface area contributed by atoms with Crippen LogP contribution in [0.15, 0.2) is 60.8 Å². The molecule has 2 saturated heterocycles. The highest BCUT2D eigenvalue weighted by atomic mass is 35.5. The van der Waals surface area contributed by atoms with E-state index in [4.69, 9.17) is 38.0 Å². The molecule has 2 fully saturated rings. The van der Waals surface area contributed by atoms with Crippen LogP contribution in [0.3, 0.4) is 0 Å². The number of nitrogens with zero attached hydrogens (tertiary/aromatic N) is 4. The van der Waals surface area contributed by atoms with Crippen LogP contribution in [0.25, 0.3) is 32.6 Å². The Morgan fingerprint density at radius 3 is 2.58 bits per heavy atom. The molecule has 2 aromatic carbocycles. The molecular weight excluding hydrogens is 673 g/mol. The first kappa shape index (κ1) is 32.2. The summed E-state index contributed by atoms with van der Waals surface area (Å²) in [6, 6.07) is 17.1. The van der Waals surface area contributed by atoms with Gasteiger partial charge in [0.1, 0.15) is 16.3 Å². The highest BCUT2D eigenvalue weighted by Gasteiger charge is 2.47. The van der Waals surface area contributed by atoms with E-state index in [0.717, 1.165) is 51.6 Å². The van der Waals surface area contributed by atoms with Gasteiger partial charge in [-0.25, -0.2) is 15.0 Å². The van der Waals surface area contributed by atoms with Crippen LogP contribution < -0.4 is 20.7 Å². The number of nitrogens with one attached hydrogen (secondary N) is 3. The molecule has 11 nitrogen and oxygen atoms in total. The lowest BCUT2D eigenvalue weighted by molar-refractivity contribution is -0.136. The number of anilines is 2. The fourth-order valence-corrected chi connectivity index (χ4v) is 7.86. The molecule has 0 atom stereocenters. The van der Waals surface area contributed by atoms with Crippen LogP contribution in [0.2, 0.25) is 10.0 Å². The van der Waals surface area contributed by atoms with Crippen molar-refractivity contribution in [3.63, 3.8) is 0 Å². The monoisotopic (exact) mass is 703 g/mol. The number of pyridine rings is 2. The zero-order chi connectivity index (χ0) is 33.4. The van der Waals surface area contributed by atoms with Crippen molar-refractivity contribution in [2.24, 2.45) is 0 Å². The van der Waals surface area contributed by atoms with Gasteiger partial charge in [-0.3, -0.25) is 14.5 Å². The number of aliphatic carboxylic acids is 1. The summed E-state index contributed by atoms with van der Waals surface area (Å²) >= 11 is 15.6. The normalized spacial score (nSPS) is 15.4. The number of carboxylic acids is 1. The number of aromatic nitrogens is 3. The number of fused-ring (bicyclic) bond motifs is 1. The summed E-state index contributed by atoms with van der Waals surface area (Å²) in [5, 5.41) is 20.0. The van der Waals surface area contributed by atoms with E-state index in [-0.39, 0.29) is 18.0 Å². The molecule has 0 radical (unpaired) electrons. The Balaban J connectivity index is 1.14. The Kier molecular flexibility index (Phi) is 8.92. The fraction of sp³-hybridized carbons (Fsp3) is 0.265. The second-order valence-electron chi connectivity index (χ2n) is 11.9. The van der Waals surface area contributed by atoms with Crippen LogP contribution in [0.1, 0.15) is 23.5 Å². The molecule has 7 rings (SSSR count). The van der Waals surface area contributed by atoms with Crippen molar-refractivity contribution in [1.29, 1.82) is 0 Å². The number of hydrogen-bond donors (Lipinski definition) is 4. The van der Waals surface area contributed by atoms with Crippen LogP contribution in [-0.4, -0.2) is 69.1 Å². The third-order valence-corrected chi connectivity index (χ3v) is 10.4. The molecule has 2 aliphatic heterocycles. The molecule has 0 bridgehead atoms. The minimum absolute atomic E-state index is 0.116. The number of rotatable bonds is 11. The third-order valence-electron chi connectivity index (χ3n) is 8.53. The molecule has 0 aliphatic carbocycles. The predicted octanol–water partition coefficient (Wildman–Crippen LogP) is 6.12. The zero-order valence-corrected chi connectivity index (χ0v) is 28.2. The van der Waals surface area contributed by atoms with Crippen molar-refractivity contribution in [2.75, 3.05) is 32.1 Å². The molecule has 246 valence electrons. The molecule has 5 heterocycles. The third kappa shape index (κ3) is 6.41. The highest BCUT2D eigenvalue weighted by molar-refractivity contribution is 7.18. The largest absolute Gasteiger partial charge is 0.495 e. The van der Waals surface area contributed by atoms with E-state index in [1.165, 1.54) is 11.3 Å². The number of carbonyl (C=O) groups excluding carboxylic acids is 1. The Labute approximate surface area is 290 Å². The van der Waals surface area contributed by atoms with Gasteiger partial charge in [0.25, 0.3) is 0 Å². The van der Waals surface area contributed by atoms with Gasteiger partial charge in [-0.1, -0.05) is 53.5 Å². The van der Waals surface area contributed by atoms with Crippen LogP contribution >= 0.6 is 34.5 Å². The quantitative estimate of drug-likeness (QED) is 0.127. The number of likely N-dealkylation sites (tertiary alicyclic amines) is 1. The van der Waals surface area contributed by atoms with Gasteiger partial charge >= 0.3 is 5.97 Å². The van der Waals surface area contributed by atoms with Crippen molar-refractivity contribution in [3.8, 4) is 28.1 Å². The summed E-state index contributed by atoms with van der Waals surface area (Å²) < 4.78 is 6.56. The van der Waals surface area contributed by atoms with Gasteiger partial charge < -0.3 is 25.8 Å². The number of hydrogen-bond acceptors (Lipinski definition) is 10. The van der Waals surface area contributed by atoms with Crippen molar-refractivity contribution in [3.05, 3.63) is 81.5 Å². The number of carbonyl (C=O) groups is 2. The van der Waals surface area contributed by atoms with Crippen LogP contribution in [0.5, 0.6) is 5.75 Å². The topological polar surface area (TPSA) is 142 Å². The van der Waals surface area contributed by atoms with Gasteiger partial charge in [-0.15, -0.1) is 11.3 Å². The number of halogens is 2. The lowest BCUT2D eigenvalue weighted by atomic mass is 9.88. The van der Waals surface area contributed by atoms with Crippen LogP contribution in [-0.2, 0) is 22.7 Å². The summed E-state index contributed by atoms with van der Waals surface area (Å²) in [6.45, 7) is 2.34. The van der Waals surface area contributed by atoms with E-state index in [2.05, 4.69) is 30.8 Å². The maximum atomic E-state index is 11.8. The van der Waals surface area contributed by atoms with E-state index in [0.29, 0.717) is 58.0 Å². The Morgan fingerprint density at radius 2 is 1.83 bits per heavy atom. The van der Waals surface area contributed by atoms with Gasteiger partial charge in [0.05, 0.1) is 51.0 Å².